The molecule has 1 atom stereocenters. The van der Waals surface area contributed by atoms with Crippen molar-refractivity contribution in [1.29, 1.82) is 0 Å². The van der Waals surface area contributed by atoms with Gasteiger partial charge in [0.1, 0.15) is 12.6 Å². The van der Waals surface area contributed by atoms with Crippen molar-refractivity contribution >= 4 is 73.9 Å². The SMILES string of the molecule is Cc1ccc(S(=O)(=O)N(CC(=O)N(Cc2ccc(Cl)c(Cl)c2)[C@H](C)C(=O)NC2CCCC2)c2ccc(Cl)c(Cl)c2)cc1. The van der Waals surface area contributed by atoms with Crippen molar-refractivity contribution in [2.24, 2.45) is 0 Å². The number of aryl methyl sites for hydroxylation is 1. The molecule has 1 fully saturated rings. The minimum atomic E-state index is -4.23. The van der Waals surface area contributed by atoms with Crippen molar-refractivity contribution < 1.29 is 18.0 Å². The Kier molecular flexibility index (Phi) is 10.7. The highest BCUT2D eigenvalue weighted by atomic mass is 35.5. The number of carbonyl (C=O) groups is 2. The van der Waals surface area contributed by atoms with Crippen LogP contribution in [0.15, 0.2) is 65.6 Å². The van der Waals surface area contributed by atoms with Crippen molar-refractivity contribution in [3.63, 3.8) is 0 Å². The minimum absolute atomic E-state index is 0.00460. The zero-order valence-electron chi connectivity index (χ0n) is 23.1. The van der Waals surface area contributed by atoms with Crippen molar-refractivity contribution in [2.75, 3.05) is 10.8 Å². The predicted octanol–water partition coefficient (Wildman–Crippen LogP) is 7.28. The largest absolute Gasteiger partial charge is 0.352 e. The van der Waals surface area contributed by atoms with Gasteiger partial charge in [-0.1, -0.05) is 83.0 Å². The van der Waals surface area contributed by atoms with Gasteiger partial charge in [0.2, 0.25) is 11.8 Å². The van der Waals surface area contributed by atoms with E-state index in [0.29, 0.717) is 15.6 Å². The van der Waals surface area contributed by atoms with Gasteiger partial charge in [0, 0.05) is 12.6 Å². The molecule has 12 heteroatoms. The van der Waals surface area contributed by atoms with E-state index in [1.54, 1.807) is 37.3 Å². The molecule has 3 aromatic carbocycles. The summed E-state index contributed by atoms with van der Waals surface area (Å²) in [5, 5.41) is 4.04. The van der Waals surface area contributed by atoms with Crippen molar-refractivity contribution in [2.45, 2.75) is 63.1 Å². The van der Waals surface area contributed by atoms with Crippen LogP contribution in [0.2, 0.25) is 20.1 Å². The second-order valence-electron chi connectivity index (χ2n) is 10.4. The number of nitrogens with one attached hydrogen (secondary N) is 1. The Morgan fingerprint density at radius 1 is 0.881 bits per heavy atom. The van der Waals surface area contributed by atoms with E-state index in [1.165, 1.54) is 35.2 Å². The second kappa shape index (κ2) is 13.9. The fourth-order valence-electron chi connectivity index (χ4n) is 4.82. The molecule has 0 radical (unpaired) electrons. The summed E-state index contributed by atoms with van der Waals surface area (Å²) >= 11 is 24.7. The number of carbonyl (C=O) groups excluding carboxylic acids is 2. The topological polar surface area (TPSA) is 86.8 Å². The van der Waals surface area contributed by atoms with Gasteiger partial charge < -0.3 is 10.2 Å². The molecule has 0 unspecified atom stereocenters. The molecule has 2 amide bonds. The third-order valence-electron chi connectivity index (χ3n) is 7.28. The number of amides is 2. The summed E-state index contributed by atoms with van der Waals surface area (Å²) in [4.78, 5) is 28.7. The highest BCUT2D eigenvalue weighted by Crippen LogP contribution is 2.31. The van der Waals surface area contributed by atoms with Crippen LogP contribution in [-0.4, -0.2) is 43.8 Å². The van der Waals surface area contributed by atoms with Gasteiger partial charge in [-0.05, 0) is 74.7 Å². The zero-order chi connectivity index (χ0) is 30.6. The standard InChI is InChI=1S/C30H31Cl4N3O4S/c1-19-7-11-24(12-8-19)42(40,41)37(23-10-14-26(32)28(34)16-23)18-29(38)36(17-21-9-13-25(31)27(33)15-21)20(2)30(39)35-22-5-3-4-6-22/h7-16,20,22H,3-6,17-18H2,1-2H3,(H,35,39)/t20-/m1/s1. The van der Waals surface area contributed by atoms with E-state index in [2.05, 4.69) is 5.32 Å². The second-order valence-corrected chi connectivity index (χ2v) is 13.9. The van der Waals surface area contributed by atoms with Crippen LogP contribution in [0.1, 0.15) is 43.7 Å². The van der Waals surface area contributed by atoms with Gasteiger partial charge >= 0.3 is 0 Å². The lowest BCUT2D eigenvalue weighted by Gasteiger charge is -2.32. The van der Waals surface area contributed by atoms with E-state index >= 15 is 0 Å². The average molecular weight is 671 g/mol. The van der Waals surface area contributed by atoms with E-state index in [0.717, 1.165) is 35.6 Å². The molecule has 4 rings (SSSR count). The number of hydrogen-bond donors (Lipinski definition) is 1. The Hall–Kier alpha value is -2.49. The predicted molar refractivity (Wildman–Crippen MR) is 169 cm³/mol. The Labute approximate surface area is 266 Å². The number of nitrogens with zero attached hydrogens (tertiary/aromatic N) is 2. The van der Waals surface area contributed by atoms with Crippen molar-refractivity contribution in [1.82, 2.24) is 10.2 Å². The van der Waals surface area contributed by atoms with Gasteiger partial charge in [-0.3, -0.25) is 13.9 Å². The summed E-state index contributed by atoms with van der Waals surface area (Å²) in [6, 6.07) is 14.7. The summed E-state index contributed by atoms with van der Waals surface area (Å²) in [5.74, 6) is -0.922. The molecular weight excluding hydrogens is 640 g/mol. The molecule has 3 aromatic rings. The van der Waals surface area contributed by atoms with E-state index in [9.17, 15) is 18.0 Å². The lowest BCUT2D eigenvalue weighted by atomic mass is 10.1. The summed E-state index contributed by atoms with van der Waals surface area (Å²) in [5.41, 5.74) is 1.65. The Balaban J connectivity index is 1.71. The molecule has 42 heavy (non-hydrogen) atoms. The van der Waals surface area contributed by atoms with Crippen LogP contribution in [0.5, 0.6) is 0 Å². The molecule has 0 saturated heterocycles. The van der Waals surface area contributed by atoms with E-state index in [-0.39, 0.29) is 39.1 Å². The number of halogens is 4. The Bertz CT molecular complexity index is 1560. The zero-order valence-corrected chi connectivity index (χ0v) is 27.0. The normalized spacial score (nSPS) is 14.4. The highest BCUT2D eigenvalue weighted by Gasteiger charge is 2.33. The lowest BCUT2D eigenvalue weighted by Crippen LogP contribution is -2.52. The molecule has 7 nitrogen and oxygen atoms in total. The highest BCUT2D eigenvalue weighted by molar-refractivity contribution is 7.92. The first kappa shape index (κ1) is 32.4. The molecule has 0 bridgehead atoms. The summed E-state index contributed by atoms with van der Waals surface area (Å²) in [7, 11) is -4.23. The maximum Gasteiger partial charge on any atom is 0.264 e. The molecule has 1 saturated carbocycles. The first-order valence-corrected chi connectivity index (χ1v) is 16.4. The Morgan fingerprint density at radius 3 is 2.07 bits per heavy atom. The molecule has 0 heterocycles. The first-order valence-electron chi connectivity index (χ1n) is 13.4. The monoisotopic (exact) mass is 669 g/mol. The Morgan fingerprint density at radius 2 is 1.48 bits per heavy atom. The van der Waals surface area contributed by atoms with E-state index < -0.39 is 28.5 Å². The van der Waals surface area contributed by atoms with Gasteiger partial charge in [-0.2, -0.15) is 0 Å². The van der Waals surface area contributed by atoms with Gasteiger partial charge in [-0.15, -0.1) is 0 Å². The van der Waals surface area contributed by atoms with Crippen LogP contribution < -0.4 is 9.62 Å². The summed E-state index contributed by atoms with van der Waals surface area (Å²) in [6.07, 6.45) is 3.81. The first-order chi connectivity index (χ1) is 19.9. The van der Waals surface area contributed by atoms with Crippen LogP contribution in [0, 0.1) is 6.92 Å². The van der Waals surface area contributed by atoms with Crippen LogP contribution in [-0.2, 0) is 26.2 Å². The molecular formula is C30H31Cl4N3O4S. The number of anilines is 1. The quantitative estimate of drug-likeness (QED) is 0.246. The fourth-order valence-corrected chi connectivity index (χ4v) is 6.83. The van der Waals surface area contributed by atoms with Gasteiger partial charge in [0.05, 0.1) is 30.7 Å². The average Bonchev–Trinajstić information content (AvgIpc) is 3.46. The molecule has 1 aliphatic rings. The fraction of sp³-hybridized carbons (Fsp3) is 0.333. The summed E-state index contributed by atoms with van der Waals surface area (Å²) in [6.45, 7) is 2.86. The maximum atomic E-state index is 14.1. The molecule has 1 N–H and O–H groups in total. The molecule has 224 valence electrons. The van der Waals surface area contributed by atoms with E-state index in [4.69, 9.17) is 46.4 Å². The van der Waals surface area contributed by atoms with E-state index in [1.807, 2.05) is 6.92 Å². The smallest absolute Gasteiger partial charge is 0.264 e. The van der Waals surface area contributed by atoms with Gasteiger partial charge in [0.15, 0.2) is 0 Å². The summed E-state index contributed by atoms with van der Waals surface area (Å²) < 4.78 is 28.9. The van der Waals surface area contributed by atoms with Crippen LogP contribution in [0.3, 0.4) is 0 Å². The van der Waals surface area contributed by atoms with Gasteiger partial charge in [-0.25, -0.2) is 8.42 Å². The third-order valence-corrected chi connectivity index (χ3v) is 10.6. The number of rotatable bonds is 10. The van der Waals surface area contributed by atoms with Crippen molar-refractivity contribution in [3.8, 4) is 0 Å². The third kappa shape index (κ3) is 7.71. The lowest BCUT2D eigenvalue weighted by molar-refractivity contribution is -0.139. The van der Waals surface area contributed by atoms with Crippen LogP contribution in [0.4, 0.5) is 5.69 Å². The van der Waals surface area contributed by atoms with Crippen molar-refractivity contribution in [3.05, 3.63) is 91.9 Å². The minimum Gasteiger partial charge on any atom is -0.352 e. The van der Waals surface area contributed by atoms with Gasteiger partial charge in [0.25, 0.3) is 10.0 Å². The maximum absolute atomic E-state index is 14.1. The molecule has 1 aliphatic carbocycles. The van der Waals surface area contributed by atoms with Crippen LogP contribution in [0.25, 0.3) is 0 Å². The molecule has 0 aromatic heterocycles. The number of hydrogen-bond acceptors (Lipinski definition) is 4. The number of sulfonamides is 1. The molecule has 0 spiro atoms. The van der Waals surface area contributed by atoms with Crippen LogP contribution >= 0.6 is 46.4 Å². The number of benzene rings is 3. The molecule has 0 aliphatic heterocycles.